The summed E-state index contributed by atoms with van der Waals surface area (Å²) in [6.07, 6.45) is 0. The van der Waals surface area contributed by atoms with Crippen molar-refractivity contribution in [1.82, 2.24) is 0 Å². The van der Waals surface area contributed by atoms with Gasteiger partial charge in [-0.05, 0) is 43.2 Å². The van der Waals surface area contributed by atoms with E-state index in [2.05, 4.69) is 48.0 Å². The molecule has 2 rings (SSSR count). The lowest BCUT2D eigenvalue weighted by molar-refractivity contribution is 0.414. The fraction of sp³-hybridized carbons (Fsp3) is 0.286. The normalized spacial score (nSPS) is 12.5. The molecule has 0 aliphatic rings. The van der Waals surface area contributed by atoms with Crippen LogP contribution in [0.2, 0.25) is 0 Å². The minimum Gasteiger partial charge on any atom is -0.497 e. The van der Waals surface area contributed by atoms with E-state index in [-0.39, 0.29) is 4.83 Å². The molecule has 90 valence electrons. The SMILES string of the molecule is COc1cccc(C(Br)c2cc(C)sc2C)c1. The van der Waals surface area contributed by atoms with Gasteiger partial charge in [0.1, 0.15) is 5.75 Å². The van der Waals surface area contributed by atoms with Crippen LogP contribution in [0, 0.1) is 13.8 Å². The third kappa shape index (κ3) is 2.72. The van der Waals surface area contributed by atoms with Gasteiger partial charge < -0.3 is 4.74 Å². The van der Waals surface area contributed by atoms with E-state index in [0.717, 1.165) is 5.75 Å². The molecule has 0 saturated carbocycles. The number of thiophene rings is 1. The molecule has 0 aliphatic heterocycles. The summed E-state index contributed by atoms with van der Waals surface area (Å²) in [4.78, 5) is 2.96. The number of hydrogen-bond acceptors (Lipinski definition) is 2. The Morgan fingerprint density at radius 2 is 2.00 bits per heavy atom. The van der Waals surface area contributed by atoms with Crippen molar-refractivity contribution in [3.63, 3.8) is 0 Å². The van der Waals surface area contributed by atoms with Gasteiger partial charge in [-0.2, -0.15) is 0 Å². The average molecular weight is 311 g/mol. The van der Waals surface area contributed by atoms with E-state index >= 15 is 0 Å². The molecule has 0 saturated heterocycles. The van der Waals surface area contributed by atoms with Crippen molar-refractivity contribution < 1.29 is 4.74 Å². The predicted octanol–water partition coefficient (Wildman–Crippen LogP) is 4.86. The third-order valence-corrected chi connectivity index (χ3v) is 4.74. The molecule has 0 radical (unpaired) electrons. The number of benzene rings is 1. The molecule has 0 fully saturated rings. The fourth-order valence-electron chi connectivity index (χ4n) is 1.88. The molecule has 0 N–H and O–H groups in total. The lowest BCUT2D eigenvalue weighted by Crippen LogP contribution is -1.93. The monoisotopic (exact) mass is 310 g/mol. The maximum atomic E-state index is 5.26. The largest absolute Gasteiger partial charge is 0.497 e. The van der Waals surface area contributed by atoms with Gasteiger partial charge in [0.2, 0.25) is 0 Å². The Balaban J connectivity index is 2.36. The van der Waals surface area contributed by atoms with Crippen molar-refractivity contribution in [2.75, 3.05) is 7.11 Å². The first-order chi connectivity index (χ1) is 8.11. The van der Waals surface area contributed by atoms with E-state index in [0.29, 0.717) is 0 Å². The van der Waals surface area contributed by atoms with Crippen LogP contribution >= 0.6 is 27.3 Å². The molecular weight excluding hydrogens is 296 g/mol. The smallest absolute Gasteiger partial charge is 0.119 e. The number of hydrogen-bond donors (Lipinski definition) is 0. The first-order valence-corrected chi connectivity index (χ1v) is 7.20. The van der Waals surface area contributed by atoms with Gasteiger partial charge in [0.15, 0.2) is 0 Å². The lowest BCUT2D eigenvalue weighted by Gasteiger charge is -2.11. The van der Waals surface area contributed by atoms with Crippen molar-refractivity contribution in [2.24, 2.45) is 0 Å². The van der Waals surface area contributed by atoms with Gasteiger partial charge in [0.05, 0.1) is 11.9 Å². The topological polar surface area (TPSA) is 9.23 Å². The minimum absolute atomic E-state index is 0.238. The van der Waals surface area contributed by atoms with E-state index in [1.165, 1.54) is 20.9 Å². The molecule has 17 heavy (non-hydrogen) atoms. The Hall–Kier alpha value is -0.800. The second-order valence-corrected chi connectivity index (χ2v) is 6.38. The van der Waals surface area contributed by atoms with Crippen LogP contribution in [0.1, 0.15) is 25.7 Å². The number of halogens is 1. The molecule has 2 aromatic rings. The third-order valence-electron chi connectivity index (χ3n) is 2.74. The molecule has 1 heterocycles. The highest BCUT2D eigenvalue weighted by Crippen LogP contribution is 2.37. The van der Waals surface area contributed by atoms with Gasteiger partial charge in [-0.1, -0.05) is 28.1 Å². The zero-order chi connectivity index (χ0) is 12.4. The molecule has 1 aromatic heterocycles. The highest BCUT2D eigenvalue weighted by atomic mass is 79.9. The minimum atomic E-state index is 0.238. The van der Waals surface area contributed by atoms with Gasteiger partial charge in [-0.15, -0.1) is 11.3 Å². The number of ether oxygens (including phenoxy) is 1. The molecule has 1 atom stereocenters. The second-order valence-electron chi connectivity index (χ2n) is 4.01. The van der Waals surface area contributed by atoms with Crippen LogP contribution in [0.4, 0.5) is 0 Å². The van der Waals surface area contributed by atoms with Gasteiger partial charge in [-0.25, -0.2) is 0 Å². The molecule has 0 bridgehead atoms. The summed E-state index contributed by atoms with van der Waals surface area (Å²) in [5.74, 6) is 0.900. The molecular formula is C14H15BrOS. The van der Waals surface area contributed by atoms with Crippen LogP contribution in [0.3, 0.4) is 0 Å². The van der Waals surface area contributed by atoms with Gasteiger partial charge in [0, 0.05) is 9.75 Å². The quantitative estimate of drug-likeness (QED) is 0.736. The summed E-state index contributed by atoms with van der Waals surface area (Å²) in [6.45, 7) is 4.31. The summed E-state index contributed by atoms with van der Waals surface area (Å²) < 4.78 is 5.26. The Morgan fingerprint density at radius 1 is 1.24 bits per heavy atom. The highest BCUT2D eigenvalue weighted by Gasteiger charge is 2.15. The van der Waals surface area contributed by atoms with Crippen LogP contribution in [0.15, 0.2) is 30.3 Å². The van der Waals surface area contributed by atoms with Crippen molar-refractivity contribution in [3.8, 4) is 5.75 Å². The van der Waals surface area contributed by atoms with Crippen molar-refractivity contribution >= 4 is 27.3 Å². The fourth-order valence-corrected chi connectivity index (χ4v) is 3.76. The van der Waals surface area contributed by atoms with Crippen LogP contribution in [-0.4, -0.2) is 7.11 Å². The van der Waals surface area contributed by atoms with Crippen LogP contribution in [-0.2, 0) is 0 Å². The lowest BCUT2D eigenvalue weighted by atomic mass is 10.1. The molecule has 3 heteroatoms. The summed E-state index contributed by atoms with van der Waals surface area (Å²) in [5, 5.41) is 0. The summed E-state index contributed by atoms with van der Waals surface area (Å²) in [6, 6.07) is 10.4. The number of aryl methyl sites for hydroxylation is 2. The number of alkyl halides is 1. The molecule has 0 spiro atoms. The Labute approximate surface area is 115 Å². The molecule has 1 aromatic carbocycles. The van der Waals surface area contributed by atoms with Crippen LogP contribution in [0.5, 0.6) is 5.75 Å². The van der Waals surface area contributed by atoms with Gasteiger partial charge >= 0.3 is 0 Å². The van der Waals surface area contributed by atoms with E-state index in [1.54, 1.807) is 7.11 Å². The maximum absolute atomic E-state index is 5.26. The Morgan fingerprint density at radius 3 is 2.59 bits per heavy atom. The van der Waals surface area contributed by atoms with Crippen molar-refractivity contribution in [3.05, 3.63) is 51.2 Å². The summed E-state index contributed by atoms with van der Waals surface area (Å²) in [5.41, 5.74) is 2.58. The summed E-state index contributed by atoms with van der Waals surface area (Å²) in [7, 11) is 1.70. The van der Waals surface area contributed by atoms with E-state index < -0.39 is 0 Å². The maximum Gasteiger partial charge on any atom is 0.119 e. The number of methoxy groups -OCH3 is 1. The van der Waals surface area contributed by atoms with E-state index in [1.807, 2.05) is 23.5 Å². The first-order valence-electron chi connectivity index (χ1n) is 5.46. The van der Waals surface area contributed by atoms with Crippen LogP contribution in [0.25, 0.3) is 0 Å². The molecule has 0 amide bonds. The van der Waals surface area contributed by atoms with Crippen molar-refractivity contribution in [2.45, 2.75) is 18.7 Å². The Bertz CT molecular complexity index is 519. The van der Waals surface area contributed by atoms with Crippen molar-refractivity contribution in [1.29, 1.82) is 0 Å². The predicted molar refractivity (Wildman–Crippen MR) is 77.6 cm³/mol. The van der Waals surface area contributed by atoms with E-state index in [9.17, 15) is 0 Å². The highest BCUT2D eigenvalue weighted by molar-refractivity contribution is 9.09. The number of rotatable bonds is 3. The molecule has 1 unspecified atom stereocenters. The van der Waals surface area contributed by atoms with E-state index in [4.69, 9.17) is 4.74 Å². The molecule has 1 nitrogen and oxygen atoms in total. The molecule has 0 aliphatic carbocycles. The standard InChI is InChI=1S/C14H15BrOS/c1-9-7-13(10(2)17-9)14(15)11-5-4-6-12(8-11)16-3/h4-8,14H,1-3H3. The summed E-state index contributed by atoms with van der Waals surface area (Å²) >= 11 is 5.61. The van der Waals surface area contributed by atoms with Gasteiger partial charge in [0.25, 0.3) is 0 Å². The Kier molecular flexibility index (Phi) is 3.89. The first kappa shape index (κ1) is 12.7. The zero-order valence-electron chi connectivity index (χ0n) is 10.2. The zero-order valence-corrected chi connectivity index (χ0v) is 12.6. The van der Waals surface area contributed by atoms with Gasteiger partial charge in [-0.3, -0.25) is 0 Å². The second kappa shape index (κ2) is 5.23. The average Bonchev–Trinajstić information content (AvgIpc) is 2.67. The van der Waals surface area contributed by atoms with Crippen LogP contribution < -0.4 is 4.74 Å².